The van der Waals surface area contributed by atoms with E-state index >= 15 is 0 Å². The molecule has 0 amide bonds. The van der Waals surface area contributed by atoms with Crippen LogP contribution in [-0.4, -0.2) is 11.1 Å². The Kier molecular flexibility index (Phi) is 3.25. The van der Waals surface area contributed by atoms with Gasteiger partial charge in [0.25, 0.3) is 0 Å². The van der Waals surface area contributed by atoms with E-state index in [9.17, 15) is 0 Å². The van der Waals surface area contributed by atoms with Gasteiger partial charge in [-0.3, -0.25) is 0 Å². The van der Waals surface area contributed by atoms with Crippen LogP contribution in [0.25, 0.3) is 10.9 Å². The van der Waals surface area contributed by atoms with E-state index in [0.717, 1.165) is 19.5 Å². The van der Waals surface area contributed by atoms with Crippen molar-refractivity contribution in [2.75, 3.05) is 6.54 Å². The van der Waals surface area contributed by atoms with E-state index in [4.69, 9.17) is 5.73 Å². The summed E-state index contributed by atoms with van der Waals surface area (Å²) in [5.41, 5.74) is 8.63. The monoisotopic (exact) mass is 230 g/mol. The average Bonchev–Trinajstić information content (AvgIpc) is 2.69. The Morgan fingerprint density at radius 2 is 2.00 bits per heavy atom. The van der Waals surface area contributed by atoms with Crippen LogP contribution in [0.1, 0.15) is 25.8 Å². The van der Waals surface area contributed by atoms with E-state index in [1.807, 2.05) is 0 Å². The molecule has 0 atom stereocenters. The van der Waals surface area contributed by atoms with Crippen LogP contribution in [0.5, 0.6) is 0 Å². The van der Waals surface area contributed by atoms with Gasteiger partial charge in [-0.05, 0) is 48.9 Å². The van der Waals surface area contributed by atoms with Crippen LogP contribution in [0.4, 0.5) is 0 Å². The molecule has 1 aromatic heterocycles. The van der Waals surface area contributed by atoms with E-state index in [1.54, 1.807) is 0 Å². The standard InChI is InChI=1S/C15H22N2/c1-12-4-5-14-13(10-12)6-8-17(14)9-7-15(2,3)11-16/h4-6,8,10H,7,9,11,16H2,1-3H3. The number of rotatable bonds is 4. The quantitative estimate of drug-likeness (QED) is 0.858. The zero-order chi connectivity index (χ0) is 12.5. The molecule has 92 valence electrons. The van der Waals surface area contributed by atoms with Gasteiger partial charge in [-0.15, -0.1) is 0 Å². The Balaban J connectivity index is 2.20. The highest BCUT2D eigenvalue weighted by molar-refractivity contribution is 5.80. The molecule has 0 fully saturated rings. The summed E-state index contributed by atoms with van der Waals surface area (Å²) in [7, 11) is 0. The third-order valence-electron chi connectivity index (χ3n) is 3.51. The van der Waals surface area contributed by atoms with Crippen molar-refractivity contribution in [3.8, 4) is 0 Å². The zero-order valence-electron chi connectivity index (χ0n) is 11.0. The van der Waals surface area contributed by atoms with Gasteiger partial charge in [0, 0.05) is 18.3 Å². The molecule has 0 saturated carbocycles. The van der Waals surface area contributed by atoms with Gasteiger partial charge in [0.15, 0.2) is 0 Å². The van der Waals surface area contributed by atoms with E-state index in [1.165, 1.54) is 16.5 Å². The number of nitrogens with zero attached hydrogens (tertiary/aromatic N) is 1. The minimum Gasteiger partial charge on any atom is -0.347 e. The number of hydrogen-bond acceptors (Lipinski definition) is 1. The summed E-state index contributed by atoms with van der Waals surface area (Å²) in [4.78, 5) is 0. The van der Waals surface area contributed by atoms with Crippen LogP contribution in [0.3, 0.4) is 0 Å². The molecule has 0 saturated heterocycles. The topological polar surface area (TPSA) is 30.9 Å². The summed E-state index contributed by atoms with van der Waals surface area (Å²) in [5.74, 6) is 0. The van der Waals surface area contributed by atoms with Crippen LogP contribution < -0.4 is 5.73 Å². The lowest BCUT2D eigenvalue weighted by Crippen LogP contribution is -2.24. The lowest BCUT2D eigenvalue weighted by molar-refractivity contribution is 0.327. The van der Waals surface area contributed by atoms with Crippen molar-refractivity contribution in [2.45, 2.75) is 33.7 Å². The van der Waals surface area contributed by atoms with Crippen molar-refractivity contribution in [2.24, 2.45) is 11.1 Å². The first kappa shape index (κ1) is 12.2. The summed E-state index contributed by atoms with van der Waals surface area (Å²) in [6.07, 6.45) is 3.29. The summed E-state index contributed by atoms with van der Waals surface area (Å²) < 4.78 is 2.33. The van der Waals surface area contributed by atoms with Gasteiger partial charge in [-0.25, -0.2) is 0 Å². The van der Waals surface area contributed by atoms with Crippen LogP contribution in [0.2, 0.25) is 0 Å². The molecule has 0 aliphatic rings. The predicted octanol–water partition coefficient (Wildman–Crippen LogP) is 3.32. The molecule has 2 nitrogen and oxygen atoms in total. The first-order chi connectivity index (χ1) is 8.02. The average molecular weight is 230 g/mol. The Morgan fingerprint density at radius 3 is 2.71 bits per heavy atom. The van der Waals surface area contributed by atoms with Gasteiger partial charge in [-0.2, -0.15) is 0 Å². The fraction of sp³-hybridized carbons (Fsp3) is 0.467. The van der Waals surface area contributed by atoms with Gasteiger partial charge >= 0.3 is 0 Å². The summed E-state index contributed by atoms with van der Waals surface area (Å²) in [6, 6.07) is 8.81. The molecule has 17 heavy (non-hydrogen) atoms. The molecule has 1 heterocycles. The Bertz CT molecular complexity index is 509. The van der Waals surface area contributed by atoms with Crippen molar-refractivity contribution in [1.82, 2.24) is 4.57 Å². The molecule has 0 spiro atoms. The maximum Gasteiger partial charge on any atom is 0.0480 e. The molecule has 0 unspecified atom stereocenters. The highest BCUT2D eigenvalue weighted by Crippen LogP contribution is 2.22. The van der Waals surface area contributed by atoms with Crippen LogP contribution in [0, 0.1) is 12.3 Å². The molecule has 0 aliphatic carbocycles. The maximum absolute atomic E-state index is 5.77. The summed E-state index contributed by atoms with van der Waals surface area (Å²) in [5, 5.41) is 1.33. The second kappa shape index (κ2) is 4.53. The van der Waals surface area contributed by atoms with Gasteiger partial charge in [0.05, 0.1) is 0 Å². The second-order valence-corrected chi connectivity index (χ2v) is 5.69. The van der Waals surface area contributed by atoms with Crippen molar-refractivity contribution in [3.05, 3.63) is 36.0 Å². The molecule has 1 aromatic carbocycles. The summed E-state index contributed by atoms with van der Waals surface area (Å²) >= 11 is 0. The number of fused-ring (bicyclic) bond motifs is 1. The molecule has 0 radical (unpaired) electrons. The van der Waals surface area contributed by atoms with Crippen molar-refractivity contribution < 1.29 is 0 Å². The third kappa shape index (κ3) is 2.70. The van der Waals surface area contributed by atoms with E-state index < -0.39 is 0 Å². The number of hydrogen-bond donors (Lipinski definition) is 1. The van der Waals surface area contributed by atoms with Crippen LogP contribution >= 0.6 is 0 Å². The molecule has 2 rings (SSSR count). The Labute approximate surface area is 103 Å². The van der Waals surface area contributed by atoms with Crippen LogP contribution in [0.15, 0.2) is 30.5 Å². The first-order valence-corrected chi connectivity index (χ1v) is 6.27. The third-order valence-corrected chi connectivity index (χ3v) is 3.51. The number of aromatic nitrogens is 1. The van der Waals surface area contributed by atoms with Crippen LogP contribution in [-0.2, 0) is 6.54 Å². The minimum atomic E-state index is 0.224. The SMILES string of the molecule is Cc1ccc2c(ccn2CCC(C)(C)CN)c1. The zero-order valence-corrected chi connectivity index (χ0v) is 11.0. The molecule has 2 heteroatoms. The second-order valence-electron chi connectivity index (χ2n) is 5.69. The van der Waals surface area contributed by atoms with E-state index in [-0.39, 0.29) is 5.41 Å². The van der Waals surface area contributed by atoms with Crippen molar-refractivity contribution in [3.63, 3.8) is 0 Å². The molecule has 0 aliphatic heterocycles. The maximum atomic E-state index is 5.77. The van der Waals surface area contributed by atoms with Crippen molar-refractivity contribution in [1.29, 1.82) is 0 Å². The highest BCUT2D eigenvalue weighted by atomic mass is 14.9. The number of benzene rings is 1. The van der Waals surface area contributed by atoms with Gasteiger partial charge in [0.1, 0.15) is 0 Å². The lowest BCUT2D eigenvalue weighted by atomic mass is 9.90. The first-order valence-electron chi connectivity index (χ1n) is 6.27. The van der Waals surface area contributed by atoms with Gasteiger partial charge < -0.3 is 10.3 Å². The fourth-order valence-corrected chi connectivity index (χ4v) is 2.04. The van der Waals surface area contributed by atoms with Gasteiger partial charge in [-0.1, -0.05) is 25.5 Å². The van der Waals surface area contributed by atoms with Crippen molar-refractivity contribution >= 4 is 10.9 Å². The molecule has 2 aromatic rings. The lowest BCUT2D eigenvalue weighted by Gasteiger charge is -2.22. The normalized spacial score (nSPS) is 12.2. The van der Waals surface area contributed by atoms with Gasteiger partial charge in [0.2, 0.25) is 0 Å². The minimum absolute atomic E-state index is 0.224. The summed E-state index contributed by atoms with van der Waals surface area (Å²) in [6.45, 7) is 8.36. The Morgan fingerprint density at radius 1 is 1.24 bits per heavy atom. The largest absolute Gasteiger partial charge is 0.347 e. The van der Waals surface area contributed by atoms with E-state index in [0.29, 0.717) is 0 Å². The highest BCUT2D eigenvalue weighted by Gasteiger charge is 2.15. The molecule has 2 N–H and O–H groups in total. The molecule has 0 bridgehead atoms. The smallest absolute Gasteiger partial charge is 0.0480 e. The predicted molar refractivity (Wildman–Crippen MR) is 74.1 cm³/mol. The number of nitrogens with two attached hydrogens (primary N) is 1. The molecular weight excluding hydrogens is 208 g/mol. The molecular formula is C15H22N2. The van der Waals surface area contributed by atoms with E-state index in [2.05, 4.69) is 55.8 Å². The number of aryl methyl sites for hydroxylation is 2. The fourth-order valence-electron chi connectivity index (χ4n) is 2.04. The Hall–Kier alpha value is -1.28.